The van der Waals surface area contributed by atoms with E-state index < -0.39 is 5.41 Å². The summed E-state index contributed by atoms with van der Waals surface area (Å²) >= 11 is 6.39. The highest BCUT2D eigenvalue weighted by molar-refractivity contribution is 6.31. The van der Waals surface area contributed by atoms with Crippen molar-refractivity contribution in [1.29, 1.82) is 0 Å². The molecule has 2 aliphatic rings. The van der Waals surface area contributed by atoms with Crippen molar-refractivity contribution >= 4 is 17.5 Å². The number of nitrogens with zero attached hydrogens (tertiary/aromatic N) is 1. The molecule has 102 valence electrons. The van der Waals surface area contributed by atoms with Crippen molar-refractivity contribution in [3.63, 3.8) is 0 Å². The van der Waals surface area contributed by atoms with E-state index in [9.17, 15) is 4.79 Å². The Morgan fingerprint density at radius 1 is 1.42 bits per heavy atom. The van der Waals surface area contributed by atoms with Crippen LogP contribution in [0.4, 0.5) is 0 Å². The molecule has 19 heavy (non-hydrogen) atoms. The second-order valence-corrected chi connectivity index (χ2v) is 6.45. The summed E-state index contributed by atoms with van der Waals surface area (Å²) in [7, 11) is 1.88. The van der Waals surface area contributed by atoms with Gasteiger partial charge in [-0.05, 0) is 30.0 Å². The number of nitrogens with two attached hydrogens (primary N) is 1. The van der Waals surface area contributed by atoms with Crippen LogP contribution in [0, 0.1) is 0 Å². The Hall–Kier alpha value is -1.06. The van der Waals surface area contributed by atoms with Crippen molar-refractivity contribution in [2.75, 3.05) is 13.6 Å². The number of amides is 1. The lowest BCUT2D eigenvalue weighted by Crippen LogP contribution is -2.57. The Morgan fingerprint density at radius 2 is 2.11 bits per heavy atom. The third-order valence-electron chi connectivity index (χ3n) is 4.59. The van der Waals surface area contributed by atoms with Crippen LogP contribution in [0.15, 0.2) is 18.2 Å². The van der Waals surface area contributed by atoms with Crippen LogP contribution in [0.5, 0.6) is 0 Å². The van der Waals surface area contributed by atoms with Gasteiger partial charge in [-0.2, -0.15) is 0 Å². The molecule has 1 aromatic carbocycles. The van der Waals surface area contributed by atoms with Gasteiger partial charge in [0.1, 0.15) is 0 Å². The topological polar surface area (TPSA) is 46.3 Å². The van der Waals surface area contributed by atoms with Gasteiger partial charge in [-0.15, -0.1) is 0 Å². The van der Waals surface area contributed by atoms with Gasteiger partial charge >= 0.3 is 0 Å². The minimum absolute atomic E-state index is 0.123. The molecule has 1 spiro atoms. The van der Waals surface area contributed by atoms with Crippen LogP contribution in [0.1, 0.15) is 36.8 Å². The van der Waals surface area contributed by atoms with Gasteiger partial charge in [-0.3, -0.25) is 4.79 Å². The van der Waals surface area contributed by atoms with Crippen molar-refractivity contribution in [2.45, 2.75) is 37.1 Å². The second-order valence-electron chi connectivity index (χ2n) is 6.04. The lowest BCUT2D eigenvalue weighted by atomic mass is 9.60. The maximum Gasteiger partial charge on any atom is 0.233 e. The van der Waals surface area contributed by atoms with Crippen LogP contribution in [0.3, 0.4) is 0 Å². The van der Waals surface area contributed by atoms with Gasteiger partial charge in [0.2, 0.25) is 5.91 Å². The number of carbonyl (C=O) groups excluding carboxylic acids is 1. The molecular formula is C15H19ClN2O. The van der Waals surface area contributed by atoms with Crippen LogP contribution in [-0.4, -0.2) is 30.4 Å². The summed E-state index contributed by atoms with van der Waals surface area (Å²) in [5, 5.41) is 0.771. The molecule has 0 radical (unpaired) electrons. The van der Waals surface area contributed by atoms with E-state index in [1.54, 1.807) is 0 Å². The van der Waals surface area contributed by atoms with Crippen LogP contribution in [-0.2, 0) is 10.2 Å². The maximum atomic E-state index is 12.7. The Kier molecular flexibility index (Phi) is 2.88. The number of hydrogen-bond acceptors (Lipinski definition) is 2. The number of carbonyl (C=O) groups is 1. The summed E-state index contributed by atoms with van der Waals surface area (Å²) in [5.41, 5.74) is 7.77. The molecule has 3 rings (SSSR count). The summed E-state index contributed by atoms with van der Waals surface area (Å²) < 4.78 is 0. The summed E-state index contributed by atoms with van der Waals surface area (Å²) in [6, 6.07) is 6.04. The molecule has 1 amide bonds. The number of fused-ring (bicyclic) bond motifs is 2. The third-order valence-corrected chi connectivity index (χ3v) is 4.92. The molecule has 1 aromatic rings. The van der Waals surface area contributed by atoms with E-state index in [4.69, 9.17) is 17.3 Å². The van der Waals surface area contributed by atoms with Crippen molar-refractivity contribution in [1.82, 2.24) is 4.90 Å². The lowest BCUT2D eigenvalue weighted by Gasteiger charge is -2.46. The average molecular weight is 279 g/mol. The standard InChI is InChI=1S/C15H19ClN2O/c1-9-8-18(2)14(19)15(6-10(17)7-15)11-4-3-5-12(16)13(9)11/h3-5,9-10H,6-8,17H2,1-2H3. The fourth-order valence-electron chi connectivity index (χ4n) is 3.75. The number of hydrogen-bond donors (Lipinski definition) is 1. The summed E-state index contributed by atoms with van der Waals surface area (Å²) in [4.78, 5) is 14.6. The Labute approximate surface area is 118 Å². The maximum absolute atomic E-state index is 12.7. The highest BCUT2D eigenvalue weighted by Crippen LogP contribution is 2.50. The first-order chi connectivity index (χ1) is 8.95. The predicted molar refractivity (Wildman–Crippen MR) is 76.4 cm³/mol. The number of likely N-dealkylation sites (N-methyl/N-ethyl adjacent to an activating group) is 1. The molecule has 1 atom stereocenters. The quantitative estimate of drug-likeness (QED) is 0.791. The van der Waals surface area contributed by atoms with Crippen LogP contribution in [0.25, 0.3) is 0 Å². The number of halogens is 1. The molecule has 1 heterocycles. The summed E-state index contributed by atoms with van der Waals surface area (Å²) in [6.45, 7) is 2.85. The Bertz CT molecular complexity index is 537. The van der Waals surface area contributed by atoms with E-state index >= 15 is 0 Å². The summed E-state index contributed by atoms with van der Waals surface area (Å²) in [6.07, 6.45) is 1.46. The molecule has 1 aliphatic carbocycles. The van der Waals surface area contributed by atoms with E-state index in [1.165, 1.54) is 0 Å². The zero-order valence-corrected chi connectivity index (χ0v) is 12.1. The molecule has 0 bridgehead atoms. The van der Waals surface area contributed by atoms with Gasteiger partial charge in [0, 0.05) is 30.6 Å². The van der Waals surface area contributed by atoms with Crippen molar-refractivity contribution in [2.24, 2.45) is 5.73 Å². The highest BCUT2D eigenvalue weighted by Gasteiger charge is 2.53. The molecule has 1 unspecified atom stereocenters. The third kappa shape index (κ3) is 1.72. The second kappa shape index (κ2) is 4.22. The van der Waals surface area contributed by atoms with Crippen molar-refractivity contribution in [3.05, 3.63) is 34.3 Å². The molecule has 1 aliphatic heterocycles. The fourth-order valence-corrected chi connectivity index (χ4v) is 4.11. The smallest absolute Gasteiger partial charge is 0.233 e. The van der Waals surface area contributed by atoms with Gasteiger partial charge in [0.25, 0.3) is 0 Å². The van der Waals surface area contributed by atoms with E-state index in [0.29, 0.717) is 6.54 Å². The molecule has 0 saturated heterocycles. The first kappa shape index (κ1) is 12.9. The Morgan fingerprint density at radius 3 is 2.74 bits per heavy atom. The first-order valence-electron chi connectivity index (χ1n) is 6.76. The van der Waals surface area contributed by atoms with Gasteiger partial charge in [-0.25, -0.2) is 0 Å². The molecule has 4 heteroatoms. The normalized spacial score (nSPS) is 33.9. The molecule has 3 nitrogen and oxygen atoms in total. The van der Waals surface area contributed by atoms with E-state index in [-0.39, 0.29) is 17.9 Å². The summed E-state index contributed by atoms with van der Waals surface area (Å²) in [5.74, 6) is 0.455. The minimum Gasteiger partial charge on any atom is -0.344 e. The molecule has 2 N–H and O–H groups in total. The van der Waals surface area contributed by atoms with Gasteiger partial charge in [-0.1, -0.05) is 30.7 Å². The van der Waals surface area contributed by atoms with Crippen LogP contribution in [0.2, 0.25) is 5.02 Å². The molecule has 1 fully saturated rings. The van der Waals surface area contributed by atoms with Gasteiger partial charge in [0.05, 0.1) is 5.41 Å². The zero-order valence-electron chi connectivity index (χ0n) is 11.3. The number of benzene rings is 1. The van der Waals surface area contributed by atoms with Crippen molar-refractivity contribution in [3.8, 4) is 0 Å². The average Bonchev–Trinajstić information content (AvgIpc) is 2.39. The predicted octanol–water partition coefficient (Wildman–Crippen LogP) is 2.27. The van der Waals surface area contributed by atoms with Crippen molar-refractivity contribution < 1.29 is 4.79 Å². The van der Waals surface area contributed by atoms with E-state index in [2.05, 4.69) is 13.0 Å². The minimum atomic E-state index is -0.431. The molecular weight excluding hydrogens is 260 g/mol. The molecule has 0 aromatic heterocycles. The van der Waals surface area contributed by atoms with Gasteiger partial charge in [0.15, 0.2) is 0 Å². The fraction of sp³-hybridized carbons (Fsp3) is 0.533. The highest BCUT2D eigenvalue weighted by atomic mass is 35.5. The SMILES string of the molecule is CC1CN(C)C(=O)C2(CC(N)C2)c2cccc(Cl)c21. The lowest BCUT2D eigenvalue weighted by molar-refractivity contribution is -0.139. The monoisotopic (exact) mass is 278 g/mol. The van der Waals surface area contributed by atoms with Gasteiger partial charge < -0.3 is 10.6 Å². The molecule has 1 saturated carbocycles. The largest absolute Gasteiger partial charge is 0.344 e. The Balaban J connectivity index is 2.21. The first-order valence-corrected chi connectivity index (χ1v) is 7.13. The van der Waals surface area contributed by atoms with Crippen LogP contribution < -0.4 is 5.73 Å². The number of rotatable bonds is 0. The zero-order chi connectivity index (χ0) is 13.8. The van der Waals surface area contributed by atoms with Crippen LogP contribution >= 0.6 is 11.6 Å². The van der Waals surface area contributed by atoms with E-state index in [1.807, 2.05) is 24.1 Å². The van der Waals surface area contributed by atoms with E-state index in [0.717, 1.165) is 29.0 Å².